The first kappa shape index (κ1) is 14.2. The van der Waals surface area contributed by atoms with E-state index in [0.717, 1.165) is 0 Å². The molecule has 0 saturated heterocycles. The average Bonchev–Trinajstić information content (AvgIpc) is 2.08. The first-order valence-corrected chi connectivity index (χ1v) is 4.86. The van der Waals surface area contributed by atoms with E-state index in [-0.39, 0.29) is 12.8 Å². The Balaban J connectivity index is 3.66. The third kappa shape index (κ3) is 9.52. The van der Waals surface area contributed by atoms with Gasteiger partial charge in [0.15, 0.2) is 0 Å². The molecular formula is C9H16F3NO2. The lowest BCUT2D eigenvalue weighted by Crippen LogP contribution is -2.28. The van der Waals surface area contributed by atoms with Crippen LogP contribution in [0.5, 0.6) is 0 Å². The Hall–Kier alpha value is -0.780. The summed E-state index contributed by atoms with van der Waals surface area (Å²) < 4.78 is 35.4. The van der Waals surface area contributed by atoms with Crippen LogP contribution in [0, 0.1) is 0 Å². The van der Waals surface area contributed by atoms with Crippen molar-refractivity contribution in [2.45, 2.75) is 32.4 Å². The highest BCUT2D eigenvalue weighted by Crippen LogP contribution is 2.21. The molecule has 0 atom stereocenters. The maximum Gasteiger partial charge on any atom is 0.389 e. The summed E-state index contributed by atoms with van der Waals surface area (Å²) in [7, 11) is 0. The third-order valence-corrected chi connectivity index (χ3v) is 2.02. The lowest BCUT2D eigenvalue weighted by Gasteiger charge is -2.19. The standard InChI is InChI=1S/C9H16F3NO2/c1-2-13(7-4-8(14)15)6-3-5-9(10,11)12/h2-7H2,1H3,(H,14,15). The van der Waals surface area contributed by atoms with E-state index in [4.69, 9.17) is 5.11 Å². The van der Waals surface area contributed by atoms with Crippen LogP contribution >= 0.6 is 0 Å². The molecule has 0 amide bonds. The van der Waals surface area contributed by atoms with Crippen LogP contribution in [0.4, 0.5) is 13.2 Å². The highest BCUT2D eigenvalue weighted by Gasteiger charge is 2.26. The molecule has 0 aliphatic carbocycles. The molecule has 0 aromatic heterocycles. The lowest BCUT2D eigenvalue weighted by molar-refractivity contribution is -0.139. The fraction of sp³-hybridized carbons (Fsp3) is 0.889. The van der Waals surface area contributed by atoms with E-state index >= 15 is 0 Å². The minimum absolute atomic E-state index is 0.0248. The fourth-order valence-corrected chi connectivity index (χ4v) is 1.18. The minimum atomic E-state index is -4.12. The predicted molar refractivity (Wildman–Crippen MR) is 49.7 cm³/mol. The molecule has 90 valence electrons. The molecular weight excluding hydrogens is 211 g/mol. The van der Waals surface area contributed by atoms with E-state index in [0.29, 0.717) is 19.6 Å². The third-order valence-electron chi connectivity index (χ3n) is 2.02. The van der Waals surface area contributed by atoms with E-state index < -0.39 is 18.6 Å². The molecule has 0 aromatic carbocycles. The minimum Gasteiger partial charge on any atom is -0.481 e. The number of halogens is 3. The molecule has 1 N–H and O–H groups in total. The zero-order valence-corrected chi connectivity index (χ0v) is 8.68. The largest absolute Gasteiger partial charge is 0.481 e. The molecule has 0 aliphatic heterocycles. The molecule has 0 unspecified atom stereocenters. The van der Waals surface area contributed by atoms with E-state index in [2.05, 4.69) is 0 Å². The SMILES string of the molecule is CCN(CCCC(F)(F)F)CCC(=O)O. The van der Waals surface area contributed by atoms with Gasteiger partial charge in [0.1, 0.15) is 0 Å². The molecule has 0 aromatic rings. The quantitative estimate of drug-likeness (QED) is 0.724. The Labute approximate surface area is 86.9 Å². The highest BCUT2D eigenvalue weighted by molar-refractivity contribution is 5.66. The maximum absolute atomic E-state index is 11.8. The number of hydrogen-bond donors (Lipinski definition) is 1. The van der Waals surface area contributed by atoms with Gasteiger partial charge in [-0.2, -0.15) is 13.2 Å². The summed E-state index contributed by atoms with van der Waals surface area (Å²) >= 11 is 0. The van der Waals surface area contributed by atoms with Crippen LogP contribution in [0.25, 0.3) is 0 Å². The Morgan fingerprint density at radius 3 is 2.33 bits per heavy atom. The summed E-state index contributed by atoms with van der Waals surface area (Å²) in [4.78, 5) is 12.0. The summed E-state index contributed by atoms with van der Waals surface area (Å²) in [6.45, 7) is 2.98. The Morgan fingerprint density at radius 2 is 1.93 bits per heavy atom. The molecule has 0 rings (SSSR count). The second-order valence-electron chi connectivity index (χ2n) is 3.30. The van der Waals surface area contributed by atoms with Gasteiger partial charge >= 0.3 is 12.1 Å². The van der Waals surface area contributed by atoms with Gasteiger partial charge in [-0.25, -0.2) is 0 Å². The first-order valence-electron chi connectivity index (χ1n) is 4.86. The van der Waals surface area contributed by atoms with Crippen LogP contribution < -0.4 is 0 Å². The molecule has 0 fully saturated rings. The Morgan fingerprint density at radius 1 is 1.33 bits per heavy atom. The van der Waals surface area contributed by atoms with Crippen LogP contribution in [-0.4, -0.2) is 41.8 Å². The van der Waals surface area contributed by atoms with Crippen molar-refractivity contribution >= 4 is 5.97 Å². The summed E-state index contributed by atoms with van der Waals surface area (Å²) in [5.41, 5.74) is 0. The van der Waals surface area contributed by atoms with Gasteiger partial charge in [-0.1, -0.05) is 6.92 Å². The number of carboxylic acids is 1. The smallest absolute Gasteiger partial charge is 0.389 e. The molecule has 0 heterocycles. The van der Waals surface area contributed by atoms with Gasteiger partial charge in [-0.15, -0.1) is 0 Å². The number of carboxylic acid groups (broad SMARTS) is 1. The fourth-order valence-electron chi connectivity index (χ4n) is 1.18. The summed E-state index contributed by atoms with van der Waals surface area (Å²) in [6, 6.07) is 0. The Kier molecular flexibility index (Phi) is 6.31. The zero-order valence-electron chi connectivity index (χ0n) is 8.68. The number of aliphatic carboxylic acids is 1. The summed E-state index contributed by atoms with van der Waals surface area (Å²) in [6.07, 6.45) is -4.93. The van der Waals surface area contributed by atoms with Crippen molar-refractivity contribution in [1.82, 2.24) is 4.90 Å². The molecule has 3 nitrogen and oxygen atoms in total. The van der Waals surface area contributed by atoms with Gasteiger partial charge in [0.25, 0.3) is 0 Å². The monoisotopic (exact) mass is 227 g/mol. The lowest BCUT2D eigenvalue weighted by atomic mass is 10.2. The van der Waals surface area contributed by atoms with Crippen LogP contribution in [0.15, 0.2) is 0 Å². The van der Waals surface area contributed by atoms with Crippen LogP contribution in [0.1, 0.15) is 26.2 Å². The molecule has 15 heavy (non-hydrogen) atoms. The predicted octanol–water partition coefficient (Wildman–Crippen LogP) is 2.13. The summed E-state index contributed by atoms with van der Waals surface area (Å²) in [5, 5.41) is 8.41. The van der Waals surface area contributed by atoms with E-state index in [1.165, 1.54) is 0 Å². The van der Waals surface area contributed by atoms with Crippen LogP contribution in [-0.2, 0) is 4.79 Å². The summed E-state index contributed by atoms with van der Waals surface area (Å²) in [5.74, 6) is -0.927. The van der Waals surface area contributed by atoms with Gasteiger partial charge in [0.05, 0.1) is 6.42 Å². The molecule has 0 saturated carbocycles. The molecule has 6 heteroatoms. The van der Waals surface area contributed by atoms with Crippen molar-refractivity contribution in [3.8, 4) is 0 Å². The number of carbonyl (C=O) groups is 1. The van der Waals surface area contributed by atoms with Gasteiger partial charge in [-0.05, 0) is 19.5 Å². The van der Waals surface area contributed by atoms with Crippen molar-refractivity contribution in [1.29, 1.82) is 0 Å². The van der Waals surface area contributed by atoms with Gasteiger partial charge < -0.3 is 10.0 Å². The molecule has 0 radical (unpaired) electrons. The Bertz CT molecular complexity index is 194. The van der Waals surface area contributed by atoms with E-state index in [1.807, 2.05) is 0 Å². The van der Waals surface area contributed by atoms with Crippen LogP contribution in [0.2, 0.25) is 0 Å². The topological polar surface area (TPSA) is 40.5 Å². The van der Waals surface area contributed by atoms with E-state index in [1.54, 1.807) is 11.8 Å². The van der Waals surface area contributed by atoms with Crippen molar-refractivity contribution in [2.75, 3.05) is 19.6 Å². The average molecular weight is 227 g/mol. The zero-order chi connectivity index (χ0) is 11.9. The number of alkyl halides is 3. The molecule has 0 spiro atoms. The first-order chi connectivity index (χ1) is 6.85. The van der Waals surface area contributed by atoms with Crippen molar-refractivity contribution in [3.05, 3.63) is 0 Å². The van der Waals surface area contributed by atoms with Gasteiger partial charge in [0, 0.05) is 13.0 Å². The normalized spacial score (nSPS) is 12.1. The highest BCUT2D eigenvalue weighted by atomic mass is 19.4. The van der Waals surface area contributed by atoms with Crippen molar-refractivity contribution < 1.29 is 23.1 Å². The van der Waals surface area contributed by atoms with Crippen LogP contribution in [0.3, 0.4) is 0 Å². The maximum atomic E-state index is 11.8. The van der Waals surface area contributed by atoms with Gasteiger partial charge in [-0.3, -0.25) is 4.79 Å². The van der Waals surface area contributed by atoms with Crippen molar-refractivity contribution in [2.24, 2.45) is 0 Å². The molecule has 0 bridgehead atoms. The second-order valence-corrected chi connectivity index (χ2v) is 3.30. The number of hydrogen-bond acceptors (Lipinski definition) is 2. The number of rotatable bonds is 7. The number of nitrogens with zero attached hydrogens (tertiary/aromatic N) is 1. The second kappa shape index (κ2) is 6.66. The van der Waals surface area contributed by atoms with Gasteiger partial charge in [0.2, 0.25) is 0 Å². The van der Waals surface area contributed by atoms with Crippen molar-refractivity contribution in [3.63, 3.8) is 0 Å². The van der Waals surface area contributed by atoms with E-state index in [9.17, 15) is 18.0 Å². The molecule has 0 aliphatic rings.